The van der Waals surface area contributed by atoms with E-state index < -0.39 is 23.5 Å². The van der Waals surface area contributed by atoms with E-state index in [9.17, 15) is 19.5 Å². The first kappa shape index (κ1) is 20.0. The molecule has 0 aliphatic rings. The topological polar surface area (TPSA) is 110 Å². The molecule has 1 atom stereocenters. The Morgan fingerprint density at radius 3 is 2.64 bits per heavy atom. The van der Waals surface area contributed by atoms with Gasteiger partial charge in [-0.15, -0.1) is 0 Å². The molecule has 0 fully saturated rings. The van der Waals surface area contributed by atoms with Crippen molar-refractivity contribution in [3.63, 3.8) is 0 Å². The summed E-state index contributed by atoms with van der Waals surface area (Å²) in [6, 6.07) is 2.56. The van der Waals surface area contributed by atoms with Crippen molar-refractivity contribution < 1.29 is 23.5 Å². The highest BCUT2D eigenvalue weighted by Gasteiger charge is 2.22. The lowest BCUT2D eigenvalue weighted by molar-refractivity contribution is -0.141. The third-order valence-corrected chi connectivity index (χ3v) is 5.40. The molecule has 0 aliphatic carbocycles. The zero-order chi connectivity index (χ0) is 20.4. The Kier molecular flexibility index (Phi) is 5.79. The molecular formula is C20H21NO6S. The van der Waals surface area contributed by atoms with Crippen LogP contribution in [0.4, 0.5) is 0 Å². The third kappa shape index (κ3) is 3.91. The van der Waals surface area contributed by atoms with Crippen molar-refractivity contribution in [2.24, 2.45) is 0 Å². The van der Waals surface area contributed by atoms with Crippen LogP contribution in [0.15, 0.2) is 32.0 Å². The molecule has 2 aromatic heterocycles. The van der Waals surface area contributed by atoms with Crippen LogP contribution in [0.1, 0.15) is 23.1 Å². The number of aryl methyl sites for hydroxylation is 2. The highest BCUT2D eigenvalue weighted by molar-refractivity contribution is 7.98. The van der Waals surface area contributed by atoms with Crippen molar-refractivity contribution in [3.05, 3.63) is 45.5 Å². The minimum absolute atomic E-state index is 0.222. The average molecular weight is 403 g/mol. The molecule has 3 aromatic rings. The van der Waals surface area contributed by atoms with Gasteiger partial charge in [0, 0.05) is 16.8 Å². The number of carboxylic acid groups (broad SMARTS) is 1. The normalized spacial score (nSPS) is 12.4. The van der Waals surface area contributed by atoms with E-state index >= 15 is 0 Å². The number of amides is 1. The Morgan fingerprint density at radius 1 is 1.21 bits per heavy atom. The summed E-state index contributed by atoms with van der Waals surface area (Å²) in [5.74, 6) is -1.01. The van der Waals surface area contributed by atoms with E-state index in [1.807, 2.05) is 19.2 Å². The first-order valence-corrected chi connectivity index (χ1v) is 10.2. The summed E-state index contributed by atoms with van der Waals surface area (Å²) in [5.41, 5.74) is 2.21. The predicted molar refractivity (Wildman–Crippen MR) is 108 cm³/mol. The van der Waals surface area contributed by atoms with Crippen molar-refractivity contribution in [2.75, 3.05) is 12.0 Å². The molecule has 2 N–H and O–H groups in total. The molecule has 0 spiro atoms. The van der Waals surface area contributed by atoms with Gasteiger partial charge >= 0.3 is 11.6 Å². The number of fused-ring (bicyclic) bond motifs is 2. The molecule has 0 bridgehead atoms. The van der Waals surface area contributed by atoms with Gasteiger partial charge < -0.3 is 19.3 Å². The number of furan rings is 1. The summed E-state index contributed by atoms with van der Waals surface area (Å²) in [7, 11) is 0. The number of benzene rings is 1. The van der Waals surface area contributed by atoms with Crippen LogP contribution in [-0.2, 0) is 16.0 Å². The first-order chi connectivity index (χ1) is 13.3. The monoisotopic (exact) mass is 403 g/mol. The third-order valence-electron chi connectivity index (χ3n) is 4.76. The van der Waals surface area contributed by atoms with E-state index in [2.05, 4.69) is 5.32 Å². The second kappa shape index (κ2) is 8.10. The van der Waals surface area contributed by atoms with Crippen molar-refractivity contribution in [1.82, 2.24) is 5.32 Å². The number of carboxylic acids is 1. The molecule has 3 rings (SSSR count). The maximum absolute atomic E-state index is 12.4. The Bertz CT molecular complexity index is 1110. The Hall–Kier alpha value is -2.74. The molecule has 0 saturated heterocycles. The van der Waals surface area contributed by atoms with E-state index in [0.717, 1.165) is 16.3 Å². The Balaban J connectivity index is 1.92. The fourth-order valence-electron chi connectivity index (χ4n) is 3.14. The van der Waals surface area contributed by atoms with Gasteiger partial charge in [-0.2, -0.15) is 11.8 Å². The van der Waals surface area contributed by atoms with Crippen LogP contribution < -0.4 is 10.9 Å². The molecule has 0 radical (unpaired) electrons. The molecule has 0 unspecified atom stereocenters. The molecule has 1 aromatic carbocycles. The van der Waals surface area contributed by atoms with Gasteiger partial charge in [-0.25, -0.2) is 9.59 Å². The molecule has 1 amide bonds. The van der Waals surface area contributed by atoms with Gasteiger partial charge in [0.15, 0.2) is 0 Å². The van der Waals surface area contributed by atoms with E-state index in [4.69, 9.17) is 8.83 Å². The van der Waals surface area contributed by atoms with Crippen molar-refractivity contribution in [3.8, 4) is 0 Å². The largest absolute Gasteiger partial charge is 0.480 e. The number of nitrogens with one attached hydrogen (secondary N) is 1. The zero-order valence-electron chi connectivity index (χ0n) is 15.8. The van der Waals surface area contributed by atoms with Gasteiger partial charge in [0.05, 0.1) is 18.2 Å². The first-order valence-electron chi connectivity index (χ1n) is 8.77. The minimum Gasteiger partial charge on any atom is -0.480 e. The molecule has 0 aliphatic heterocycles. The molecule has 0 saturated carbocycles. The van der Waals surface area contributed by atoms with Gasteiger partial charge in [-0.3, -0.25) is 4.79 Å². The lowest BCUT2D eigenvalue weighted by Crippen LogP contribution is -2.42. The fourth-order valence-corrected chi connectivity index (χ4v) is 3.61. The molecule has 148 valence electrons. The Labute approximate surface area is 165 Å². The summed E-state index contributed by atoms with van der Waals surface area (Å²) < 4.78 is 10.8. The van der Waals surface area contributed by atoms with Crippen molar-refractivity contribution >= 4 is 45.6 Å². The highest BCUT2D eigenvalue weighted by Crippen LogP contribution is 2.28. The van der Waals surface area contributed by atoms with Gasteiger partial charge in [0.1, 0.15) is 17.2 Å². The maximum atomic E-state index is 12.4. The van der Waals surface area contributed by atoms with Crippen LogP contribution in [0.3, 0.4) is 0 Å². The van der Waals surface area contributed by atoms with Crippen LogP contribution in [0.25, 0.3) is 21.9 Å². The average Bonchev–Trinajstić information content (AvgIpc) is 3.00. The highest BCUT2D eigenvalue weighted by atomic mass is 32.2. The van der Waals surface area contributed by atoms with Crippen LogP contribution in [0, 0.1) is 13.8 Å². The van der Waals surface area contributed by atoms with E-state index in [-0.39, 0.29) is 12.0 Å². The molecular weight excluding hydrogens is 382 g/mol. The fraction of sp³-hybridized carbons (Fsp3) is 0.350. The van der Waals surface area contributed by atoms with E-state index in [1.54, 1.807) is 19.3 Å². The molecule has 28 heavy (non-hydrogen) atoms. The number of thioether (sulfide) groups is 1. The number of hydrogen-bond acceptors (Lipinski definition) is 6. The standard InChI is InChI=1S/C20H21NO6S/c1-10-9-26-16-8-17-13(6-12(10)16)11(2)14(20(25)27-17)7-18(22)21-15(19(23)24)4-5-28-3/h6,8-9,15H,4-5,7H2,1-3H3,(H,21,22)(H,23,24)/t15-/m1/s1. The minimum atomic E-state index is -1.09. The quantitative estimate of drug-likeness (QED) is 0.584. The van der Waals surface area contributed by atoms with Gasteiger partial charge in [-0.1, -0.05) is 0 Å². The van der Waals surface area contributed by atoms with Crippen LogP contribution in [0.5, 0.6) is 0 Å². The number of carbonyl (C=O) groups is 2. The zero-order valence-corrected chi connectivity index (χ0v) is 16.6. The van der Waals surface area contributed by atoms with Crippen LogP contribution >= 0.6 is 11.8 Å². The Morgan fingerprint density at radius 2 is 1.96 bits per heavy atom. The van der Waals surface area contributed by atoms with Crippen molar-refractivity contribution in [1.29, 1.82) is 0 Å². The summed E-state index contributed by atoms with van der Waals surface area (Å²) in [6.07, 6.45) is 3.57. The maximum Gasteiger partial charge on any atom is 0.340 e. The van der Waals surface area contributed by atoms with Gasteiger partial charge in [0.2, 0.25) is 5.91 Å². The van der Waals surface area contributed by atoms with Crippen LogP contribution in [0.2, 0.25) is 0 Å². The summed E-state index contributed by atoms with van der Waals surface area (Å²) in [6.45, 7) is 3.67. The molecule has 2 heterocycles. The second-order valence-corrected chi connectivity index (χ2v) is 7.66. The lowest BCUT2D eigenvalue weighted by atomic mass is 10.0. The smallest absolute Gasteiger partial charge is 0.340 e. The van der Waals surface area contributed by atoms with Crippen molar-refractivity contribution in [2.45, 2.75) is 32.7 Å². The summed E-state index contributed by atoms with van der Waals surface area (Å²) >= 11 is 1.50. The summed E-state index contributed by atoms with van der Waals surface area (Å²) in [4.78, 5) is 36.1. The van der Waals surface area contributed by atoms with Gasteiger partial charge in [0.25, 0.3) is 0 Å². The number of hydrogen-bond donors (Lipinski definition) is 2. The summed E-state index contributed by atoms with van der Waals surface area (Å²) in [5, 5.41) is 13.4. The van der Waals surface area contributed by atoms with E-state index in [0.29, 0.717) is 28.9 Å². The lowest BCUT2D eigenvalue weighted by Gasteiger charge is -2.14. The molecule has 7 nitrogen and oxygen atoms in total. The SMILES string of the molecule is CSCC[C@@H](NC(=O)Cc1c(C)c2cc3c(C)coc3cc2oc1=O)C(=O)O. The second-order valence-electron chi connectivity index (χ2n) is 6.67. The van der Waals surface area contributed by atoms with E-state index in [1.165, 1.54) is 11.8 Å². The van der Waals surface area contributed by atoms with Crippen LogP contribution in [-0.4, -0.2) is 35.0 Å². The number of aliphatic carboxylic acids is 1. The van der Waals surface area contributed by atoms with Gasteiger partial charge in [-0.05, 0) is 49.5 Å². The predicted octanol–water partition coefficient (Wildman–Crippen LogP) is 3.02. The number of carbonyl (C=O) groups excluding carboxylic acids is 1. The molecule has 8 heteroatoms. The number of rotatable bonds is 7.